The predicted molar refractivity (Wildman–Crippen MR) is 42.1 cm³/mol. The molecule has 0 aromatic rings. The van der Waals surface area contributed by atoms with E-state index >= 15 is 0 Å². The first-order chi connectivity index (χ1) is 4.74. The van der Waals surface area contributed by atoms with Gasteiger partial charge >= 0.3 is 0 Å². The van der Waals surface area contributed by atoms with Crippen LogP contribution in [0.25, 0.3) is 0 Å². The highest BCUT2D eigenvalue weighted by atomic mass is 35.5. The fourth-order valence-electron chi connectivity index (χ4n) is 0.791. The summed E-state index contributed by atoms with van der Waals surface area (Å²) in [6.45, 7) is 0. The molecule has 0 saturated heterocycles. The summed E-state index contributed by atoms with van der Waals surface area (Å²) in [5, 5.41) is 1.31. The van der Waals surface area contributed by atoms with Gasteiger partial charge in [0.05, 0.1) is 0 Å². The number of carbonyl (C=O) groups excluding carboxylic acids is 1. The number of carbonyl (C=O) groups is 1. The molecule has 0 radical (unpaired) electrons. The van der Waals surface area contributed by atoms with Crippen molar-refractivity contribution >= 4 is 29.5 Å². The van der Waals surface area contributed by atoms with E-state index in [1.807, 2.05) is 0 Å². The second-order valence-corrected chi connectivity index (χ2v) is 3.01. The topological polar surface area (TPSA) is 17.1 Å². The summed E-state index contributed by atoms with van der Waals surface area (Å²) in [6.07, 6.45) is 3.77. The first-order valence-corrected chi connectivity index (χ1v) is 3.69. The van der Waals surface area contributed by atoms with E-state index in [2.05, 4.69) is 0 Å². The van der Waals surface area contributed by atoms with E-state index < -0.39 is 0 Å². The average molecular weight is 177 g/mol. The normalized spacial score (nSPS) is 18.8. The Hall–Kier alpha value is -0.270. The van der Waals surface area contributed by atoms with Crippen LogP contribution in [0.15, 0.2) is 21.7 Å². The number of rotatable bonds is 1. The molecule has 0 aromatic carbocycles. The van der Waals surface area contributed by atoms with Crippen molar-refractivity contribution in [2.24, 2.45) is 0 Å². The monoisotopic (exact) mass is 176 g/mol. The summed E-state index contributed by atoms with van der Waals surface area (Å²) in [5.74, 6) is 0. The molecule has 1 nitrogen and oxygen atoms in total. The highest BCUT2D eigenvalue weighted by Crippen LogP contribution is 2.27. The molecular weight excluding hydrogens is 171 g/mol. The van der Waals surface area contributed by atoms with Crippen molar-refractivity contribution in [3.8, 4) is 0 Å². The van der Waals surface area contributed by atoms with Crippen LogP contribution in [0.1, 0.15) is 12.8 Å². The van der Waals surface area contributed by atoms with Crippen molar-refractivity contribution < 1.29 is 4.79 Å². The molecular formula is C7H6Cl2O. The van der Waals surface area contributed by atoms with Crippen LogP contribution < -0.4 is 0 Å². The number of halogens is 2. The zero-order valence-corrected chi connectivity index (χ0v) is 6.74. The minimum atomic E-state index is 0.512. The maximum Gasteiger partial charge on any atom is 0.151 e. The lowest BCUT2D eigenvalue weighted by atomic mass is 10.1. The fraction of sp³-hybridized carbons (Fsp3) is 0.286. The Morgan fingerprint density at radius 3 is 2.60 bits per heavy atom. The van der Waals surface area contributed by atoms with E-state index in [9.17, 15) is 4.79 Å². The zero-order chi connectivity index (χ0) is 7.56. The summed E-state index contributed by atoms with van der Waals surface area (Å²) >= 11 is 11.4. The predicted octanol–water partition coefficient (Wildman–Crippen LogP) is 2.59. The van der Waals surface area contributed by atoms with Crippen molar-refractivity contribution in [2.75, 3.05) is 0 Å². The standard InChI is InChI=1S/C7H6Cl2O/c8-6-1-2-7(9)5(3-6)4-10/h3-4H,1-2H2. The maximum absolute atomic E-state index is 10.3. The van der Waals surface area contributed by atoms with Crippen molar-refractivity contribution in [3.63, 3.8) is 0 Å². The van der Waals surface area contributed by atoms with Crippen LogP contribution in [-0.2, 0) is 4.79 Å². The van der Waals surface area contributed by atoms with Crippen LogP contribution >= 0.6 is 23.2 Å². The second kappa shape index (κ2) is 3.22. The molecule has 0 aliphatic heterocycles. The van der Waals surface area contributed by atoms with E-state index in [1.54, 1.807) is 6.08 Å². The van der Waals surface area contributed by atoms with Gasteiger partial charge in [0.2, 0.25) is 0 Å². The lowest BCUT2D eigenvalue weighted by Crippen LogP contribution is -1.92. The van der Waals surface area contributed by atoms with Crippen molar-refractivity contribution in [3.05, 3.63) is 21.7 Å². The van der Waals surface area contributed by atoms with Gasteiger partial charge in [-0.3, -0.25) is 4.79 Å². The minimum absolute atomic E-state index is 0.512. The van der Waals surface area contributed by atoms with Crippen LogP contribution in [0.2, 0.25) is 0 Å². The maximum atomic E-state index is 10.3. The third kappa shape index (κ3) is 1.61. The molecule has 10 heavy (non-hydrogen) atoms. The van der Waals surface area contributed by atoms with Crippen LogP contribution in [0.3, 0.4) is 0 Å². The van der Waals surface area contributed by atoms with Crippen LogP contribution in [0, 0.1) is 0 Å². The molecule has 0 atom stereocenters. The van der Waals surface area contributed by atoms with Crippen molar-refractivity contribution in [1.29, 1.82) is 0 Å². The molecule has 0 heterocycles. The Balaban J connectivity index is 2.92. The Morgan fingerprint density at radius 2 is 2.10 bits per heavy atom. The molecule has 0 N–H and O–H groups in total. The fourth-order valence-corrected chi connectivity index (χ4v) is 1.20. The smallest absolute Gasteiger partial charge is 0.151 e. The van der Waals surface area contributed by atoms with E-state index in [4.69, 9.17) is 23.2 Å². The van der Waals surface area contributed by atoms with Gasteiger partial charge in [0.25, 0.3) is 0 Å². The molecule has 0 unspecified atom stereocenters. The van der Waals surface area contributed by atoms with Gasteiger partial charge in [-0.25, -0.2) is 0 Å². The van der Waals surface area contributed by atoms with E-state index in [0.29, 0.717) is 22.1 Å². The quantitative estimate of drug-likeness (QED) is 0.562. The molecule has 3 heteroatoms. The van der Waals surface area contributed by atoms with Gasteiger partial charge in [-0.15, -0.1) is 0 Å². The lowest BCUT2D eigenvalue weighted by Gasteiger charge is -2.07. The van der Waals surface area contributed by atoms with E-state index in [1.165, 1.54) is 0 Å². The number of aldehydes is 1. The molecule has 0 amide bonds. The number of hydrogen-bond donors (Lipinski definition) is 0. The van der Waals surface area contributed by atoms with E-state index in [0.717, 1.165) is 12.7 Å². The molecule has 1 aliphatic carbocycles. The van der Waals surface area contributed by atoms with E-state index in [-0.39, 0.29) is 0 Å². The summed E-state index contributed by atoms with van der Waals surface area (Å²) < 4.78 is 0. The molecule has 0 bridgehead atoms. The summed E-state index contributed by atoms with van der Waals surface area (Å²) in [7, 11) is 0. The Bertz CT molecular complexity index is 216. The molecule has 0 spiro atoms. The Morgan fingerprint density at radius 1 is 1.40 bits per heavy atom. The van der Waals surface area contributed by atoms with Gasteiger partial charge in [-0.2, -0.15) is 0 Å². The van der Waals surface area contributed by atoms with Gasteiger partial charge < -0.3 is 0 Å². The summed E-state index contributed by atoms with van der Waals surface area (Å²) in [6, 6.07) is 0. The second-order valence-electron chi connectivity index (χ2n) is 2.07. The molecule has 1 aliphatic rings. The largest absolute Gasteiger partial charge is 0.298 e. The Labute approximate surface area is 69.3 Å². The highest BCUT2D eigenvalue weighted by Gasteiger charge is 2.08. The van der Waals surface area contributed by atoms with Crippen LogP contribution in [0.4, 0.5) is 0 Å². The zero-order valence-electron chi connectivity index (χ0n) is 5.23. The van der Waals surface area contributed by atoms with Gasteiger partial charge in [-0.1, -0.05) is 23.2 Å². The number of allylic oxidation sites excluding steroid dienone is 4. The van der Waals surface area contributed by atoms with Gasteiger partial charge in [0.1, 0.15) is 0 Å². The molecule has 0 aromatic heterocycles. The molecule has 1 rings (SSSR count). The first-order valence-electron chi connectivity index (χ1n) is 2.94. The van der Waals surface area contributed by atoms with Gasteiger partial charge in [0.15, 0.2) is 6.29 Å². The van der Waals surface area contributed by atoms with Crippen LogP contribution in [0.5, 0.6) is 0 Å². The average Bonchev–Trinajstić information content (AvgIpc) is 1.94. The molecule has 54 valence electrons. The molecule has 0 fully saturated rings. The SMILES string of the molecule is O=CC1=C(Cl)CCC(Cl)=C1. The number of hydrogen-bond acceptors (Lipinski definition) is 1. The van der Waals surface area contributed by atoms with Gasteiger partial charge in [-0.05, 0) is 18.9 Å². The minimum Gasteiger partial charge on any atom is -0.298 e. The third-order valence-electron chi connectivity index (χ3n) is 1.34. The highest BCUT2D eigenvalue weighted by molar-refractivity contribution is 6.33. The molecule has 0 saturated carbocycles. The Kier molecular flexibility index (Phi) is 2.52. The first kappa shape index (κ1) is 7.83. The van der Waals surface area contributed by atoms with Crippen molar-refractivity contribution in [1.82, 2.24) is 0 Å². The lowest BCUT2D eigenvalue weighted by molar-refractivity contribution is -0.104. The van der Waals surface area contributed by atoms with Crippen LogP contribution in [-0.4, -0.2) is 6.29 Å². The summed E-state index contributed by atoms with van der Waals surface area (Å²) in [4.78, 5) is 10.3. The van der Waals surface area contributed by atoms with Gasteiger partial charge in [0, 0.05) is 15.6 Å². The summed E-state index contributed by atoms with van der Waals surface area (Å²) in [5.41, 5.74) is 0.512. The third-order valence-corrected chi connectivity index (χ3v) is 2.04. The van der Waals surface area contributed by atoms with Crippen molar-refractivity contribution in [2.45, 2.75) is 12.8 Å².